The number of hydrogen-bond donors (Lipinski definition) is 0. The van der Waals surface area contributed by atoms with Crippen LogP contribution in [0.3, 0.4) is 0 Å². The monoisotopic (exact) mass is 602 g/mol. The molecule has 134 valence electrons. The normalized spacial score (nSPS) is 87.7. The second-order valence-corrected chi connectivity index (χ2v) is 38.0. The van der Waals surface area contributed by atoms with Gasteiger partial charge in [0.05, 0.1) is 0 Å². The summed E-state index contributed by atoms with van der Waals surface area (Å²) in [6.45, 7) is -0.140. The van der Waals surface area contributed by atoms with Crippen LogP contribution in [0, 0.1) is 7.14 Å². The van der Waals surface area contributed by atoms with E-state index in [0.29, 0.717) is 4.50 Å². The molecule has 10 heterocycles. The molecule has 10 saturated heterocycles. The van der Waals surface area contributed by atoms with Crippen molar-refractivity contribution in [2.45, 2.75) is 60.7 Å². The molecule has 1 spiro atoms. The third kappa shape index (κ3) is 0.201. The van der Waals surface area contributed by atoms with Gasteiger partial charge in [0.25, 0.3) is 0 Å². The Kier molecular flexibility index (Phi) is 0.717. The first-order chi connectivity index (χ1) is 11.9. The summed E-state index contributed by atoms with van der Waals surface area (Å²) in [6, 6.07) is 4.90. The van der Waals surface area contributed by atoms with Gasteiger partial charge in [-0.2, -0.15) is 0 Å². The van der Waals surface area contributed by atoms with Crippen LogP contribution in [0.1, 0.15) is 18.9 Å². The third-order valence-corrected chi connectivity index (χ3v) is 60.9. The van der Waals surface area contributed by atoms with Crippen LogP contribution >= 0.6 is 45.2 Å². The van der Waals surface area contributed by atoms with Gasteiger partial charge in [0.1, 0.15) is 0 Å². The quantitative estimate of drug-likeness (QED) is 0.303. The Bertz CT molecular complexity index is 1410. The van der Waals surface area contributed by atoms with E-state index in [2.05, 4.69) is 64.2 Å². The van der Waals surface area contributed by atoms with Crippen LogP contribution < -0.4 is 4.74 Å². The molecule has 1 aromatic carbocycles. The molecule has 10 aliphatic rings. The van der Waals surface area contributed by atoms with Gasteiger partial charge in [-0.3, -0.25) is 0 Å². The van der Waals surface area contributed by atoms with Crippen LogP contribution in [0.4, 0.5) is 0 Å². The van der Waals surface area contributed by atoms with Crippen molar-refractivity contribution in [3.63, 3.8) is 0 Å². The number of fused-ring (bicyclic) bond motifs is 10. The molecule has 5 unspecified atom stereocenters. The molecule has 0 N–H and O–H groups in total. The molecule has 5 heteroatoms. The van der Waals surface area contributed by atoms with E-state index >= 15 is 0 Å². The molecule has 0 amide bonds. The summed E-state index contributed by atoms with van der Waals surface area (Å²) >= 11 is 5.14. The fourth-order valence-corrected chi connectivity index (χ4v) is 95.0. The van der Waals surface area contributed by atoms with E-state index in [4.69, 9.17) is 9.47 Å². The summed E-state index contributed by atoms with van der Waals surface area (Å²) in [4.78, 5) is 9.85. The first-order valence-electron chi connectivity index (χ1n) is 9.74. The molecule has 2 nitrogen and oxygen atoms in total. The molecule has 1 aromatic rings. The molecule has 0 bridgehead atoms. The van der Waals surface area contributed by atoms with Gasteiger partial charge >= 0.3 is 166 Å². The Labute approximate surface area is 164 Å². The maximum absolute atomic E-state index is 7.00. The van der Waals surface area contributed by atoms with Gasteiger partial charge in [-0.1, -0.05) is 0 Å². The van der Waals surface area contributed by atoms with E-state index in [1.165, 1.54) is 47.3 Å². The van der Waals surface area contributed by atoms with Gasteiger partial charge in [-0.05, 0) is 0 Å². The van der Waals surface area contributed by atoms with E-state index in [-0.39, 0.29) is 0 Å². The van der Waals surface area contributed by atoms with E-state index in [1.807, 2.05) is 7.11 Å². The first kappa shape index (κ1) is 12.5. The minimum atomic E-state index is -3.49. The van der Waals surface area contributed by atoms with Crippen LogP contribution in [0.15, 0.2) is 12.1 Å². The van der Waals surface area contributed by atoms with Crippen molar-refractivity contribution in [1.29, 1.82) is 0 Å². The van der Waals surface area contributed by atoms with Crippen LogP contribution in [-0.4, -0.2) is 18.2 Å². The first-order valence-corrected chi connectivity index (χ1v) is 18.1. The summed E-state index contributed by atoms with van der Waals surface area (Å²) in [7, 11) is 1.81. The van der Waals surface area contributed by atoms with E-state index in [0.717, 1.165) is 21.5 Å². The standard InChI is InChI=1S/C15H15I2O2.C5H5.Fe/c1-3-6-19-11-5-4-10(7-11)12-8-14(17)15(18-2)9-13(12)16;1-2-4-5-3-1;/h4-5,7-9H,3,6H2,1-2H3;1-5H;. The molecule has 25 heavy (non-hydrogen) atoms. The van der Waals surface area contributed by atoms with Gasteiger partial charge < -0.3 is 0 Å². The Hall–Kier alpha value is 0.959. The van der Waals surface area contributed by atoms with Crippen LogP contribution in [0.2, 0.25) is 38.5 Å². The molecule has 10 aliphatic heterocycles. The average molecular weight is 602 g/mol. The number of methoxy groups -OCH3 is 1. The maximum atomic E-state index is 7.00. The molecular formula is C20H20FeI2O2. The van der Waals surface area contributed by atoms with Gasteiger partial charge in [0, 0.05) is 0 Å². The van der Waals surface area contributed by atoms with Crippen LogP contribution in [0.25, 0.3) is 0 Å². The van der Waals surface area contributed by atoms with Crippen molar-refractivity contribution < 1.29 is 16.0 Å². The summed E-state index contributed by atoms with van der Waals surface area (Å²) in [5.41, 5.74) is 1.80. The summed E-state index contributed by atoms with van der Waals surface area (Å²) < 4.78 is 16.7. The van der Waals surface area contributed by atoms with E-state index < -0.39 is 6.51 Å². The van der Waals surface area contributed by atoms with Crippen molar-refractivity contribution in [3.05, 3.63) is 24.8 Å². The topological polar surface area (TPSA) is 18.5 Å². The average Bonchev–Trinajstić information content (AvgIpc) is 3.55. The van der Waals surface area contributed by atoms with Crippen molar-refractivity contribution >= 4 is 45.2 Å². The Balaban J connectivity index is 1.31. The zero-order valence-corrected chi connectivity index (χ0v) is 19.5. The minimum absolute atomic E-state index is 0.554. The second kappa shape index (κ2) is 1.43. The van der Waals surface area contributed by atoms with E-state index in [1.54, 1.807) is 5.56 Å². The Morgan fingerprint density at radius 3 is 2.24 bits per heavy atom. The fraction of sp³-hybridized carbons (Fsp3) is 0.700. The number of rotatable bonds is 5. The van der Waals surface area contributed by atoms with Crippen molar-refractivity contribution in [1.82, 2.24) is 0 Å². The van der Waals surface area contributed by atoms with Crippen LogP contribution in [0.5, 0.6) is 5.75 Å². The molecule has 0 radical (unpaired) electrons. The zero-order valence-electron chi connectivity index (χ0n) is 14.1. The molecular weight excluding hydrogens is 582 g/mol. The number of halogens is 2. The van der Waals surface area contributed by atoms with Gasteiger partial charge in [-0.15, -0.1) is 0 Å². The van der Waals surface area contributed by atoms with Crippen LogP contribution in [-0.2, 0) is 15.6 Å². The molecule has 10 fully saturated rings. The van der Waals surface area contributed by atoms with Gasteiger partial charge in [0.15, 0.2) is 0 Å². The van der Waals surface area contributed by atoms with Crippen molar-refractivity contribution in [2.24, 2.45) is 0 Å². The number of benzene rings is 1. The summed E-state index contributed by atoms with van der Waals surface area (Å²) in [6.07, 6.45) is 1.21. The van der Waals surface area contributed by atoms with Gasteiger partial charge in [0.2, 0.25) is 0 Å². The Morgan fingerprint density at radius 2 is 1.72 bits per heavy atom. The molecule has 0 aliphatic carbocycles. The van der Waals surface area contributed by atoms with E-state index in [9.17, 15) is 0 Å². The molecule has 0 saturated carbocycles. The SMILES string of the molecule is CCCO[C]12[CH]3[CH]4[C]5(c6cc(I)c(OC)cc6I)[CH]1[Fe]34251678[CH]2[CH]1[CH]6[CH]7[CH]28. The van der Waals surface area contributed by atoms with Crippen molar-refractivity contribution in [3.8, 4) is 5.75 Å². The molecule has 11 rings (SSSR count). The Morgan fingerprint density at radius 1 is 1.04 bits per heavy atom. The number of hydrogen-bond acceptors (Lipinski definition) is 2. The third-order valence-electron chi connectivity index (χ3n) is 16.8. The molecule has 0 aromatic heterocycles. The van der Waals surface area contributed by atoms with Gasteiger partial charge in [-0.25, -0.2) is 0 Å². The second-order valence-electron chi connectivity index (χ2n) is 12.5. The number of ether oxygens (including phenoxy) is 2. The summed E-state index contributed by atoms with van der Waals surface area (Å²) in [5.74, 6) is 1.07. The molecule has 5 atom stereocenters. The zero-order chi connectivity index (χ0) is 16.5. The summed E-state index contributed by atoms with van der Waals surface area (Å²) in [5, 5.41) is 0. The predicted molar refractivity (Wildman–Crippen MR) is 109 cm³/mol. The van der Waals surface area contributed by atoms with Crippen molar-refractivity contribution in [2.75, 3.05) is 13.7 Å². The fourth-order valence-electron chi connectivity index (χ4n) is 18.7. The predicted octanol–water partition coefficient (Wildman–Crippen LogP) is 6.03.